The summed E-state index contributed by atoms with van der Waals surface area (Å²) in [6.45, 7) is 0.657. The van der Waals surface area contributed by atoms with Gasteiger partial charge in [-0.1, -0.05) is 47.5 Å². The first-order valence-electron chi connectivity index (χ1n) is 11.8. The maximum Gasteiger partial charge on any atom is 0.303 e. The Morgan fingerprint density at radius 3 is 2.61 bits per heavy atom. The number of unbranched alkanes of at least 4 members (excludes halogenated alkanes) is 1. The van der Waals surface area contributed by atoms with Crippen molar-refractivity contribution in [3.63, 3.8) is 0 Å². The van der Waals surface area contributed by atoms with E-state index in [2.05, 4.69) is 4.72 Å². The largest absolute Gasteiger partial charge is 0.481 e. The van der Waals surface area contributed by atoms with Crippen LogP contribution in [0.15, 0.2) is 59.5 Å². The van der Waals surface area contributed by atoms with E-state index in [-0.39, 0.29) is 57.1 Å². The SMILES string of the molecule is O=C(O)CCC/C=C\C[C@H]1[C@H](CNS(=O)(=O)c2ccc(Cl)c(Cl)c2)C2CC1(c1ccc(F)cc1)CO2. The minimum absolute atomic E-state index is 0.0316. The molecule has 0 amide bonds. The maximum absolute atomic E-state index is 13.7. The van der Waals surface area contributed by atoms with E-state index >= 15 is 0 Å². The average molecular weight is 556 g/mol. The summed E-state index contributed by atoms with van der Waals surface area (Å²) < 4.78 is 48.4. The van der Waals surface area contributed by atoms with Crippen molar-refractivity contribution >= 4 is 39.2 Å². The average Bonchev–Trinajstić information content (AvgIpc) is 3.40. The van der Waals surface area contributed by atoms with Gasteiger partial charge in [0.1, 0.15) is 5.82 Å². The third-order valence-corrected chi connectivity index (χ3v) is 9.43. The van der Waals surface area contributed by atoms with Crippen LogP contribution in [0.4, 0.5) is 4.39 Å². The van der Waals surface area contributed by atoms with Crippen molar-refractivity contribution in [2.75, 3.05) is 13.2 Å². The highest BCUT2D eigenvalue weighted by Crippen LogP contribution is 2.56. The molecule has 2 fully saturated rings. The number of benzene rings is 2. The standard InChI is InChI=1S/C26H28Cl2FNO5S/c27-22-12-11-19(13-23(22)28)36(33,34)30-15-20-21(5-3-1-2-4-6-25(31)32)26(14-24(20)35-16-26)17-7-9-18(29)10-8-17/h1,3,7-13,20-21,24,30H,2,4-6,14-16H2,(H,31,32)/b3-1-/t20-,21-,24?,26?/m0/s1. The lowest BCUT2D eigenvalue weighted by Gasteiger charge is -2.39. The van der Waals surface area contributed by atoms with Gasteiger partial charge in [0.25, 0.3) is 0 Å². The molecule has 0 aromatic heterocycles. The molecule has 10 heteroatoms. The zero-order valence-electron chi connectivity index (χ0n) is 19.5. The third-order valence-electron chi connectivity index (χ3n) is 7.27. The summed E-state index contributed by atoms with van der Waals surface area (Å²) in [5, 5.41) is 9.26. The molecule has 0 radical (unpaired) electrons. The Hall–Kier alpha value is -1.97. The van der Waals surface area contributed by atoms with Crippen LogP contribution in [0.1, 0.15) is 37.7 Å². The van der Waals surface area contributed by atoms with Crippen LogP contribution in [0.5, 0.6) is 0 Å². The summed E-state index contributed by atoms with van der Waals surface area (Å²) in [4.78, 5) is 10.8. The highest BCUT2D eigenvalue weighted by atomic mass is 35.5. The molecular formula is C26H28Cl2FNO5S. The number of halogens is 3. The lowest BCUT2D eigenvalue weighted by molar-refractivity contribution is -0.137. The first-order chi connectivity index (χ1) is 17.1. The second kappa shape index (κ2) is 11.2. The Kier molecular flexibility index (Phi) is 8.42. The van der Waals surface area contributed by atoms with Crippen molar-refractivity contribution in [1.82, 2.24) is 4.72 Å². The van der Waals surface area contributed by atoms with E-state index in [0.29, 0.717) is 25.9 Å². The van der Waals surface area contributed by atoms with Crippen molar-refractivity contribution in [2.45, 2.75) is 48.5 Å². The second-order valence-corrected chi connectivity index (χ2v) is 12.0. The van der Waals surface area contributed by atoms with E-state index in [1.165, 1.54) is 30.3 Å². The number of fused-ring (bicyclic) bond motifs is 2. The number of carboxylic acids is 1. The molecule has 1 aliphatic carbocycles. The van der Waals surface area contributed by atoms with Crippen LogP contribution in [0.2, 0.25) is 10.0 Å². The van der Waals surface area contributed by atoms with Crippen LogP contribution < -0.4 is 4.72 Å². The zero-order valence-corrected chi connectivity index (χ0v) is 21.8. The lowest BCUT2D eigenvalue weighted by Crippen LogP contribution is -2.44. The number of hydrogen-bond acceptors (Lipinski definition) is 4. The van der Waals surface area contributed by atoms with Gasteiger partial charge in [-0.25, -0.2) is 17.5 Å². The molecule has 1 aliphatic heterocycles. The van der Waals surface area contributed by atoms with Gasteiger partial charge >= 0.3 is 5.97 Å². The first kappa shape index (κ1) is 27.1. The lowest BCUT2D eigenvalue weighted by atomic mass is 9.69. The van der Waals surface area contributed by atoms with Crippen LogP contribution in [-0.2, 0) is 25.0 Å². The molecule has 2 N–H and O–H groups in total. The summed E-state index contributed by atoms with van der Waals surface area (Å²) >= 11 is 11.9. The number of carboxylic acid groups (broad SMARTS) is 1. The number of hydrogen-bond donors (Lipinski definition) is 2. The highest BCUT2D eigenvalue weighted by Gasteiger charge is 2.59. The van der Waals surface area contributed by atoms with Gasteiger partial charge in [-0.2, -0.15) is 0 Å². The van der Waals surface area contributed by atoms with Crippen LogP contribution in [0.3, 0.4) is 0 Å². The molecule has 194 valence electrons. The molecule has 2 bridgehead atoms. The van der Waals surface area contributed by atoms with Crippen molar-refractivity contribution in [1.29, 1.82) is 0 Å². The predicted molar refractivity (Wildman–Crippen MR) is 136 cm³/mol. The number of ether oxygens (including phenoxy) is 1. The third kappa shape index (κ3) is 5.78. The molecule has 2 unspecified atom stereocenters. The normalized spacial score (nSPS) is 25.6. The topological polar surface area (TPSA) is 92.7 Å². The molecule has 36 heavy (non-hydrogen) atoms. The van der Waals surface area contributed by atoms with E-state index in [1.54, 1.807) is 12.1 Å². The van der Waals surface area contributed by atoms with Gasteiger partial charge in [-0.05, 0) is 67.5 Å². The molecule has 1 heterocycles. The molecule has 6 nitrogen and oxygen atoms in total. The summed E-state index contributed by atoms with van der Waals surface area (Å²) in [5.74, 6) is -1.19. The number of allylic oxidation sites excluding steroid dienone is 2. The number of sulfonamides is 1. The predicted octanol–water partition coefficient (Wildman–Crippen LogP) is 5.58. The molecule has 2 aromatic carbocycles. The first-order valence-corrected chi connectivity index (χ1v) is 14.1. The summed E-state index contributed by atoms with van der Waals surface area (Å²) in [5.41, 5.74) is 0.620. The molecule has 1 saturated carbocycles. The van der Waals surface area contributed by atoms with Crippen molar-refractivity contribution in [3.8, 4) is 0 Å². The summed E-state index contributed by atoms with van der Waals surface area (Å²) in [6, 6.07) is 10.6. The molecule has 2 aromatic rings. The Morgan fingerprint density at radius 2 is 1.92 bits per heavy atom. The van der Waals surface area contributed by atoms with Gasteiger partial charge in [0.05, 0.1) is 27.7 Å². The Labute approximate surface area is 220 Å². The summed E-state index contributed by atoms with van der Waals surface area (Å²) in [7, 11) is -3.83. The van der Waals surface area contributed by atoms with Gasteiger partial charge in [0, 0.05) is 24.3 Å². The van der Waals surface area contributed by atoms with Gasteiger partial charge in [0.2, 0.25) is 10.0 Å². The summed E-state index contributed by atoms with van der Waals surface area (Å²) in [6.07, 6.45) is 6.58. The zero-order chi connectivity index (χ0) is 25.9. The van der Waals surface area contributed by atoms with Gasteiger partial charge < -0.3 is 9.84 Å². The monoisotopic (exact) mass is 555 g/mol. The van der Waals surface area contributed by atoms with Gasteiger partial charge in [-0.15, -0.1) is 0 Å². The van der Waals surface area contributed by atoms with E-state index in [4.69, 9.17) is 33.0 Å². The Balaban J connectivity index is 1.54. The number of aliphatic carboxylic acids is 1. The molecule has 1 saturated heterocycles. The molecule has 2 aliphatic rings. The molecular weight excluding hydrogens is 528 g/mol. The fraction of sp³-hybridized carbons (Fsp3) is 0.423. The highest BCUT2D eigenvalue weighted by molar-refractivity contribution is 7.89. The van der Waals surface area contributed by atoms with Gasteiger partial charge in [-0.3, -0.25) is 4.79 Å². The van der Waals surface area contributed by atoms with Crippen molar-refractivity contribution in [3.05, 3.63) is 76.0 Å². The van der Waals surface area contributed by atoms with E-state index in [0.717, 1.165) is 12.0 Å². The fourth-order valence-electron chi connectivity index (χ4n) is 5.47. The fourth-order valence-corrected chi connectivity index (χ4v) is 6.93. The Morgan fingerprint density at radius 1 is 1.17 bits per heavy atom. The van der Waals surface area contributed by atoms with Crippen LogP contribution >= 0.6 is 23.2 Å². The van der Waals surface area contributed by atoms with E-state index in [1.807, 2.05) is 12.2 Å². The molecule has 4 rings (SSSR count). The molecule has 0 spiro atoms. The minimum atomic E-state index is -3.83. The number of rotatable bonds is 11. The van der Waals surface area contributed by atoms with Crippen LogP contribution in [0.25, 0.3) is 0 Å². The number of nitrogens with one attached hydrogen (secondary N) is 1. The van der Waals surface area contributed by atoms with Gasteiger partial charge in [0.15, 0.2) is 0 Å². The van der Waals surface area contributed by atoms with Crippen LogP contribution in [-0.4, -0.2) is 38.7 Å². The minimum Gasteiger partial charge on any atom is -0.481 e. The number of carbonyl (C=O) groups is 1. The maximum atomic E-state index is 13.7. The second-order valence-electron chi connectivity index (χ2n) is 9.41. The van der Waals surface area contributed by atoms with Crippen molar-refractivity contribution in [2.24, 2.45) is 11.8 Å². The van der Waals surface area contributed by atoms with E-state index < -0.39 is 16.0 Å². The van der Waals surface area contributed by atoms with Crippen molar-refractivity contribution < 1.29 is 27.4 Å². The smallest absolute Gasteiger partial charge is 0.303 e. The Bertz CT molecular complexity index is 1240. The molecule has 4 atom stereocenters. The quantitative estimate of drug-likeness (QED) is 0.278. The van der Waals surface area contributed by atoms with Crippen LogP contribution in [0, 0.1) is 17.7 Å². The van der Waals surface area contributed by atoms with E-state index in [9.17, 15) is 17.6 Å².